The lowest BCUT2D eigenvalue weighted by Gasteiger charge is -2.06. The second-order valence-electron chi connectivity index (χ2n) is 2.40. The fourth-order valence-corrected chi connectivity index (χ4v) is 0.959. The summed E-state index contributed by atoms with van der Waals surface area (Å²) in [5.74, 6) is -0.333. The van der Waals surface area contributed by atoms with Crippen molar-refractivity contribution >= 4 is 23.3 Å². The van der Waals surface area contributed by atoms with Gasteiger partial charge in [-0.05, 0) is 18.6 Å². The van der Waals surface area contributed by atoms with E-state index in [1.54, 1.807) is 0 Å². The van der Waals surface area contributed by atoms with E-state index in [2.05, 4.69) is 34.0 Å². The van der Waals surface area contributed by atoms with Crippen LogP contribution in [0.2, 0.25) is 0 Å². The zero-order valence-corrected chi connectivity index (χ0v) is 8.19. The summed E-state index contributed by atoms with van der Waals surface area (Å²) in [7, 11) is 1.35. The molecule has 12 heavy (non-hydrogen) atoms. The molecule has 1 atom stereocenters. The maximum Gasteiger partial charge on any atom is 0.331 e. The smallest absolute Gasteiger partial charge is 0.331 e. The third-order valence-electron chi connectivity index (χ3n) is 1.51. The average Bonchev–Trinajstić information content (AvgIpc) is 2.11. The van der Waals surface area contributed by atoms with Gasteiger partial charge in [-0.25, -0.2) is 9.79 Å². The minimum absolute atomic E-state index is 0.333. The molecule has 0 unspecified atom stereocenters. The highest BCUT2D eigenvalue weighted by molar-refractivity contribution is 7.78. The second kappa shape index (κ2) is 6.95. The van der Waals surface area contributed by atoms with Crippen LogP contribution in [0.15, 0.2) is 4.99 Å². The first-order valence-corrected chi connectivity index (χ1v) is 4.31. The Kier molecular flexibility index (Phi) is 6.53. The molecule has 0 N–H and O–H groups in total. The van der Waals surface area contributed by atoms with Gasteiger partial charge in [-0.2, -0.15) is 0 Å². The zero-order valence-electron chi connectivity index (χ0n) is 7.37. The molecule has 0 aromatic heterocycles. The molecule has 0 saturated carbocycles. The van der Waals surface area contributed by atoms with Crippen molar-refractivity contribution in [1.82, 2.24) is 0 Å². The van der Waals surface area contributed by atoms with Gasteiger partial charge in [0.25, 0.3) is 0 Å². The summed E-state index contributed by atoms with van der Waals surface area (Å²) in [5, 5.41) is 2.20. The topological polar surface area (TPSA) is 38.7 Å². The number of hydrogen-bond acceptors (Lipinski definition) is 4. The molecule has 0 saturated heterocycles. The minimum atomic E-state index is -0.451. The van der Waals surface area contributed by atoms with Gasteiger partial charge in [0, 0.05) is 0 Å². The summed E-state index contributed by atoms with van der Waals surface area (Å²) >= 11 is 4.42. The monoisotopic (exact) mass is 187 g/mol. The maximum atomic E-state index is 11.0. The predicted molar refractivity (Wildman–Crippen MR) is 50.4 cm³/mol. The van der Waals surface area contributed by atoms with Gasteiger partial charge >= 0.3 is 5.97 Å². The van der Waals surface area contributed by atoms with Crippen molar-refractivity contribution in [3.8, 4) is 0 Å². The number of ether oxygens (including phenoxy) is 1. The number of aliphatic imine (C=N–C) groups is 1. The van der Waals surface area contributed by atoms with Gasteiger partial charge in [-0.15, -0.1) is 0 Å². The number of isothiocyanates is 1. The highest BCUT2D eigenvalue weighted by Gasteiger charge is 2.16. The molecule has 0 rings (SSSR count). The molecule has 0 fully saturated rings. The number of methoxy groups -OCH3 is 1. The molecule has 0 aromatic carbocycles. The molecule has 68 valence electrons. The Labute approximate surface area is 77.8 Å². The highest BCUT2D eigenvalue weighted by Crippen LogP contribution is 2.05. The van der Waals surface area contributed by atoms with E-state index in [4.69, 9.17) is 0 Å². The van der Waals surface area contributed by atoms with Crippen LogP contribution in [0.4, 0.5) is 0 Å². The van der Waals surface area contributed by atoms with Gasteiger partial charge in [-0.3, -0.25) is 0 Å². The van der Waals surface area contributed by atoms with Crippen LogP contribution in [-0.2, 0) is 9.53 Å². The molecule has 0 aliphatic carbocycles. The van der Waals surface area contributed by atoms with E-state index in [0.29, 0.717) is 6.42 Å². The molecule has 0 heterocycles. The van der Waals surface area contributed by atoms with Gasteiger partial charge < -0.3 is 4.74 Å². The van der Waals surface area contributed by atoms with E-state index >= 15 is 0 Å². The lowest BCUT2D eigenvalue weighted by molar-refractivity contribution is -0.142. The van der Waals surface area contributed by atoms with Crippen LogP contribution in [0.1, 0.15) is 26.2 Å². The highest BCUT2D eigenvalue weighted by atomic mass is 32.1. The lowest BCUT2D eigenvalue weighted by atomic mass is 10.1. The quantitative estimate of drug-likeness (QED) is 0.374. The molecular formula is C8H13NO2S. The summed E-state index contributed by atoms with van der Waals surface area (Å²) in [5.41, 5.74) is 0. The van der Waals surface area contributed by atoms with E-state index in [1.807, 2.05) is 0 Å². The Hall–Kier alpha value is -0.730. The fourth-order valence-electron chi connectivity index (χ4n) is 0.832. The minimum Gasteiger partial charge on any atom is -0.467 e. The van der Waals surface area contributed by atoms with Crippen LogP contribution in [0.25, 0.3) is 0 Å². The number of carbonyl (C=O) groups is 1. The molecule has 0 aromatic rings. The number of esters is 1. The Morgan fingerprint density at radius 3 is 2.83 bits per heavy atom. The second-order valence-corrected chi connectivity index (χ2v) is 2.58. The van der Waals surface area contributed by atoms with E-state index in [1.165, 1.54) is 7.11 Å². The molecule has 0 radical (unpaired) electrons. The van der Waals surface area contributed by atoms with E-state index < -0.39 is 6.04 Å². The fraction of sp³-hybridized carbons (Fsp3) is 0.750. The van der Waals surface area contributed by atoms with E-state index in [0.717, 1.165) is 12.8 Å². The first kappa shape index (κ1) is 11.3. The summed E-state index contributed by atoms with van der Waals surface area (Å²) in [6.45, 7) is 2.05. The van der Waals surface area contributed by atoms with Crippen molar-refractivity contribution in [3.63, 3.8) is 0 Å². The van der Waals surface area contributed by atoms with Crippen LogP contribution in [0.5, 0.6) is 0 Å². The van der Waals surface area contributed by atoms with Crippen molar-refractivity contribution in [2.24, 2.45) is 4.99 Å². The number of rotatable bonds is 5. The standard InChI is InChI=1S/C8H13NO2S/c1-3-4-5-7(9-6-12)8(10)11-2/h7H,3-5H2,1-2H3/t7-/m0/s1. The van der Waals surface area contributed by atoms with Gasteiger partial charge in [0.1, 0.15) is 0 Å². The molecule has 0 aliphatic heterocycles. The van der Waals surface area contributed by atoms with Crippen LogP contribution < -0.4 is 0 Å². The molecule has 4 heteroatoms. The number of hydrogen-bond donors (Lipinski definition) is 0. The van der Waals surface area contributed by atoms with Crippen molar-refractivity contribution in [3.05, 3.63) is 0 Å². The van der Waals surface area contributed by atoms with Crippen LogP contribution >= 0.6 is 12.2 Å². The van der Waals surface area contributed by atoms with Crippen molar-refractivity contribution in [2.45, 2.75) is 32.2 Å². The molecule has 0 spiro atoms. The number of nitrogens with zero attached hydrogens (tertiary/aromatic N) is 1. The molecule has 0 amide bonds. The average molecular weight is 187 g/mol. The van der Waals surface area contributed by atoms with Gasteiger partial charge in [0.15, 0.2) is 6.04 Å². The Morgan fingerprint density at radius 1 is 1.75 bits per heavy atom. The molecule has 0 aliphatic rings. The third-order valence-corrected chi connectivity index (χ3v) is 1.62. The van der Waals surface area contributed by atoms with Gasteiger partial charge in [-0.1, -0.05) is 19.8 Å². The first-order valence-electron chi connectivity index (χ1n) is 3.91. The molecule has 3 nitrogen and oxygen atoms in total. The van der Waals surface area contributed by atoms with E-state index in [9.17, 15) is 4.79 Å². The predicted octanol–water partition coefficient (Wildman–Crippen LogP) is 1.82. The SMILES string of the molecule is CCCC[C@H](N=C=S)C(=O)OC. The number of unbranched alkanes of at least 4 members (excludes halogenated alkanes) is 1. The van der Waals surface area contributed by atoms with Gasteiger partial charge in [0.2, 0.25) is 0 Å². The van der Waals surface area contributed by atoms with E-state index in [-0.39, 0.29) is 5.97 Å². The summed E-state index contributed by atoms with van der Waals surface area (Å²) in [6, 6.07) is -0.451. The lowest BCUT2D eigenvalue weighted by Crippen LogP contribution is -2.19. The summed E-state index contributed by atoms with van der Waals surface area (Å²) < 4.78 is 4.54. The normalized spacial score (nSPS) is 11.5. The van der Waals surface area contributed by atoms with Crippen molar-refractivity contribution in [2.75, 3.05) is 7.11 Å². The molecular weight excluding hydrogens is 174 g/mol. The first-order chi connectivity index (χ1) is 5.76. The Morgan fingerprint density at radius 2 is 2.42 bits per heavy atom. The molecule has 0 bridgehead atoms. The summed E-state index contributed by atoms with van der Waals surface area (Å²) in [4.78, 5) is 14.7. The van der Waals surface area contributed by atoms with Crippen LogP contribution in [-0.4, -0.2) is 24.3 Å². The third kappa shape index (κ3) is 4.21. The maximum absolute atomic E-state index is 11.0. The Balaban J connectivity index is 4.03. The van der Waals surface area contributed by atoms with Crippen molar-refractivity contribution in [1.29, 1.82) is 0 Å². The zero-order chi connectivity index (χ0) is 9.40. The number of carbonyl (C=O) groups excluding carboxylic acids is 1. The summed E-state index contributed by atoms with van der Waals surface area (Å²) in [6.07, 6.45) is 2.66. The van der Waals surface area contributed by atoms with Gasteiger partial charge in [0.05, 0.1) is 12.3 Å². The largest absolute Gasteiger partial charge is 0.467 e. The van der Waals surface area contributed by atoms with Crippen LogP contribution in [0.3, 0.4) is 0 Å². The van der Waals surface area contributed by atoms with Crippen molar-refractivity contribution < 1.29 is 9.53 Å². The van der Waals surface area contributed by atoms with Crippen LogP contribution in [0, 0.1) is 0 Å². The number of thiocarbonyl (C=S) groups is 1. The Bertz CT molecular complexity index is 187.